The van der Waals surface area contributed by atoms with Crippen molar-refractivity contribution in [1.82, 2.24) is 4.57 Å². The number of aromatic nitrogens is 2. The van der Waals surface area contributed by atoms with E-state index < -0.39 is 0 Å². The number of halogens is 1. The third kappa shape index (κ3) is 3.67. The van der Waals surface area contributed by atoms with Crippen LogP contribution in [0, 0.1) is 0 Å². The Labute approximate surface area is 137 Å². The van der Waals surface area contributed by atoms with Crippen LogP contribution in [0.4, 0.5) is 0 Å². The summed E-state index contributed by atoms with van der Waals surface area (Å²) in [5.74, 6) is 0. The van der Waals surface area contributed by atoms with Gasteiger partial charge in [-0.05, 0) is 24.6 Å². The molecule has 0 fully saturated rings. The van der Waals surface area contributed by atoms with Gasteiger partial charge in [-0.1, -0.05) is 42.5 Å². The minimum atomic E-state index is 0. The molecular weight excluding hydrogens is 296 g/mol. The van der Waals surface area contributed by atoms with Crippen molar-refractivity contribution in [2.24, 2.45) is 0 Å². The van der Waals surface area contributed by atoms with Crippen molar-refractivity contribution in [3.63, 3.8) is 0 Å². The molecule has 0 N–H and O–H groups in total. The highest BCUT2D eigenvalue weighted by molar-refractivity contribution is 5.71. The molecule has 116 valence electrons. The second kappa shape index (κ2) is 7.97. The summed E-state index contributed by atoms with van der Waals surface area (Å²) in [5.41, 5.74) is 3.83. The summed E-state index contributed by atoms with van der Waals surface area (Å²) in [4.78, 5) is 0. The molecule has 22 heavy (non-hydrogen) atoms. The Hall–Kier alpha value is -1.84. The van der Waals surface area contributed by atoms with Crippen molar-refractivity contribution in [2.45, 2.75) is 20.0 Å². The van der Waals surface area contributed by atoms with Crippen LogP contribution in [0.25, 0.3) is 11.0 Å². The van der Waals surface area contributed by atoms with Crippen molar-refractivity contribution < 1.29 is 21.7 Å². The molecule has 0 saturated carbocycles. The molecule has 0 unspecified atom stereocenters. The molecule has 0 amide bonds. The molecule has 1 heterocycles. The quantitative estimate of drug-likeness (QED) is 0.463. The van der Waals surface area contributed by atoms with Crippen LogP contribution in [0.15, 0.2) is 60.9 Å². The van der Waals surface area contributed by atoms with E-state index in [0.29, 0.717) is 0 Å². The molecule has 3 rings (SSSR count). The highest BCUT2D eigenvalue weighted by atomic mass is 35.5. The second-order valence-electron chi connectivity index (χ2n) is 5.11. The molecule has 4 heteroatoms. The molecule has 0 atom stereocenters. The fourth-order valence-corrected chi connectivity index (χ4v) is 2.63. The molecule has 2 aromatic carbocycles. The second-order valence-corrected chi connectivity index (χ2v) is 5.11. The van der Waals surface area contributed by atoms with E-state index in [-0.39, 0.29) is 12.4 Å². The van der Waals surface area contributed by atoms with Crippen LogP contribution in [0.2, 0.25) is 0 Å². The van der Waals surface area contributed by atoms with E-state index in [1.165, 1.54) is 16.6 Å². The van der Waals surface area contributed by atoms with Crippen molar-refractivity contribution in [1.29, 1.82) is 0 Å². The largest absolute Gasteiger partial charge is 1.00 e. The summed E-state index contributed by atoms with van der Waals surface area (Å²) >= 11 is 0. The zero-order valence-electron chi connectivity index (χ0n) is 12.8. The van der Waals surface area contributed by atoms with Crippen LogP contribution in [-0.2, 0) is 17.8 Å². The topological polar surface area (TPSA) is 18.0 Å². The number of imidazole rings is 1. The maximum absolute atomic E-state index is 5.48. The first-order chi connectivity index (χ1) is 10.4. The summed E-state index contributed by atoms with van der Waals surface area (Å²) in [6.07, 6.45) is 2.19. The van der Waals surface area contributed by atoms with E-state index in [0.717, 1.165) is 26.3 Å². The van der Waals surface area contributed by atoms with E-state index in [1.807, 2.05) is 6.92 Å². The van der Waals surface area contributed by atoms with Crippen LogP contribution in [0.1, 0.15) is 12.5 Å². The molecule has 0 aliphatic carbocycles. The third-order valence-electron chi connectivity index (χ3n) is 3.66. The Morgan fingerprint density at radius 1 is 1.00 bits per heavy atom. The maximum atomic E-state index is 5.48. The zero-order chi connectivity index (χ0) is 14.5. The van der Waals surface area contributed by atoms with E-state index in [4.69, 9.17) is 4.74 Å². The predicted octanol–water partition coefficient (Wildman–Crippen LogP) is 0.0176. The molecule has 0 aliphatic heterocycles. The van der Waals surface area contributed by atoms with Crippen LogP contribution in [0.3, 0.4) is 0 Å². The Balaban J connectivity index is 0.00000176. The molecule has 0 radical (unpaired) electrons. The van der Waals surface area contributed by atoms with Crippen LogP contribution in [-0.4, -0.2) is 17.8 Å². The molecule has 3 nitrogen and oxygen atoms in total. The number of benzene rings is 2. The van der Waals surface area contributed by atoms with Gasteiger partial charge in [0.05, 0.1) is 6.61 Å². The van der Waals surface area contributed by atoms with Gasteiger partial charge in [0, 0.05) is 6.61 Å². The van der Waals surface area contributed by atoms with E-state index >= 15 is 0 Å². The SMILES string of the molecule is CCOCCn1c[n+](Cc2ccccc2)c2ccccc21.[Cl-]. The Morgan fingerprint density at radius 3 is 2.50 bits per heavy atom. The summed E-state index contributed by atoms with van der Waals surface area (Å²) in [5, 5.41) is 0. The predicted molar refractivity (Wildman–Crippen MR) is 84.2 cm³/mol. The average molecular weight is 317 g/mol. The third-order valence-corrected chi connectivity index (χ3v) is 3.66. The van der Waals surface area contributed by atoms with Crippen LogP contribution < -0.4 is 17.0 Å². The Bertz CT molecular complexity index is 709. The standard InChI is InChI=1S/C18H21N2O.ClH/c1-2-21-13-12-19-15-20(14-16-8-4-3-5-9-16)18-11-7-6-10-17(18)19;/h3-11,15H,2,12-14H2,1H3;1H/q+1;/p-1. The number of nitrogens with zero attached hydrogens (tertiary/aromatic N) is 2. The van der Waals surface area contributed by atoms with Gasteiger partial charge in [0.25, 0.3) is 0 Å². The summed E-state index contributed by atoms with van der Waals surface area (Å²) in [6, 6.07) is 19.1. The zero-order valence-corrected chi connectivity index (χ0v) is 13.5. The van der Waals surface area contributed by atoms with Crippen molar-refractivity contribution in [3.05, 3.63) is 66.5 Å². The number of fused-ring (bicyclic) bond motifs is 1. The number of rotatable bonds is 6. The lowest BCUT2D eigenvalue weighted by atomic mass is 10.2. The number of hydrogen-bond acceptors (Lipinski definition) is 1. The first-order valence-electron chi connectivity index (χ1n) is 7.47. The van der Waals surface area contributed by atoms with Gasteiger partial charge in [-0.3, -0.25) is 0 Å². The summed E-state index contributed by atoms with van der Waals surface area (Å²) < 4.78 is 10.1. The minimum absolute atomic E-state index is 0. The summed E-state index contributed by atoms with van der Waals surface area (Å²) in [6.45, 7) is 5.33. The molecular formula is C18H21ClN2O. The Morgan fingerprint density at radius 2 is 1.73 bits per heavy atom. The monoisotopic (exact) mass is 316 g/mol. The van der Waals surface area contributed by atoms with Gasteiger partial charge in [0.15, 0.2) is 11.0 Å². The van der Waals surface area contributed by atoms with E-state index in [2.05, 4.69) is 70.1 Å². The summed E-state index contributed by atoms with van der Waals surface area (Å²) in [7, 11) is 0. The van der Waals surface area contributed by atoms with Crippen molar-refractivity contribution >= 4 is 11.0 Å². The molecule has 0 bridgehead atoms. The van der Waals surface area contributed by atoms with Gasteiger partial charge in [-0.2, -0.15) is 0 Å². The van der Waals surface area contributed by atoms with Crippen LogP contribution >= 0.6 is 0 Å². The molecule has 0 saturated heterocycles. The number of ether oxygens (including phenoxy) is 1. The van der Waals surface area contributed by atoms with E-state index in [1.54, 1.807) is 0 Å². The van der Waals surface area contributed by atoms with Gasteiger partial charge >= 0.3 is 0 Å². The fraction of sp³-hybridized carbons (Fsp3) is 0.278. The molecule has 1 aromatic heterocycles. The maximum Gasteiger partial charge on any atom is 0.245 e. The Kier molecular flexibility index (Phi) is 5.99. The smallest absolute Gasteiger partial charge is 0.245 e. The van der Waals surface area contributed by atoms with Crippen LogP contribution in [0.5, 0.6) is 0 Å². The lowest BCUT2D eigenvalue weighted by molar-refractivity contribution is -0.663. The lowest BCUT2D eigenvalue weighted by Crippen LogP contribution is -3.00. The lowest BCUT2D eigenvalue weighted by Gasteiger charge is -1.98. The fourth-order valence-electron chi connectivity index (χ4n) is 2.63. The van der Waals surface area contributed by atoms with Gasteiger partial charge in [0.2, 0.25) is 6.33 Å². The highest BCUT2D eigenvalue weighted by Crippen LogP contribution is 2.11. The molecule has 0 aliphatic rings. The van der Waals surface area contributed by atoms with Crippen molar-refractivity contribution in [2.75, 3.05) is 13.2 Å². The van der Waals surface area contributed by atoms with Crippen molar-refractivity contribution in [3.8, 4) is 0 Å². The molecule has 0 spiro atoms. The van der Waals surface area contributed by atoms with Gasteiger partial charge in [-0.25, -0.2) is 9.13 Å². The first kappa shape index (κ1) is 16.5. The highest BCUT2D eigenvalue weighted by Gasteiger charge is 2.14. The minimum Gasteiger partial charge on any atom is -1.00 e. The molecule has 3 aromatic rings. The number of para-hydroxylation sites is 2. The first-order valence-corrected chi connectivity index (χ1v) is 7.47. The van der Waals surface area contributed by atoms with E-state index in [9.17, 15) is 0 Å². The normalized spacial score (nSPS) is 10.6. The average Bonchev–Trinajstić information content (AvgIpc) is 2.87. The van der Waals surface area contributed by atoms with Gasteiger partial charge < -0.3 is 17.1 Å². The number of hydrogen-bond donors (Lipinski definition) is 0. The van der Waals surface area contributed by atoms with Gasteiger partial charge in [-0.15, -0.1) is 0 Å². The van der Waals surface area contributed by atoms with Gasteiger partial charge in [0.1, 0.15) is 13.1 Å².